The van der Waals surface area contributed by atoms with E-state index in [4.69, 9.17) is 16.3 Å². The molecule has 1 N–H and O–H groups in total. The molecular weight excluding hydrogens is 426 g/mol. The van der Waals surface area contributed by atoms with Crippen molar-refractivity contribution in [1.29, 1.82) is 0 Å². The molecule has 3 rings (SSSR count). The normalized spacial score (nSPS) is 11.3. The van der Waals surface area contributed by atoms with Crippen LogP contribution in [-0.2, 0) is 21.5 Å². The lowest BCUT2D eigenvalue weighted by atomic mass is 9.87. The Balaban J connectivity index is 1.89. The van der Waals surface area contributed by atoms with Crippen molar-refractivity contribution in [2.75, 3.05) is 13.2 Å². The van der Waals surface area contributed by atoms with Gasteiger partial charge in [0.1, 0.15) is 12.2 Å². The first-order valence-electron chi connectivity index (χ1n) is 10.5. The highest BCUT2D eigenvalue weighted by Crippen LogP contribution is 2.24. The van der Waals surface area contributed by atoms with E-state index >= 15 is 0 Å². The summed E-state index contributed by atoms with van der Waals surface area (Å²) in [6.45, 7) is 8.70. The number of nitrogens with zero attached hydrogens (tertiary/aromatic N) is 2. The quantitative estimate of drug-likeness (QED) is 0.519. The van der Waals surface area contributed by atoms with E-state index in [-0.39, 0.29) is 18.6 Å². The van der Waals surface area contributed by atoms with Gasteiger partial charge in [-0.05, 0) is 41.7 Å². The van der Waals surface area contributed by atoms with Crippen LogP contribution < -0.4 is 5.32 Å². The summed E-state index contributed by atoms with van der Waals surface area (Å²) in [6, 6.07) is 17.3. The average Bonchev–Trinajstić information content (AvgIpc) is 3.16. The SMILES string of the molecule is CCOC(=O)CNC(=O)c1cc(-c2ccc(Cl)cc2)nn1Cc1ccc(C(C)(C)C)cc1. The highest BCUT2D eigenvalue weighted by molar-refractivity contribution is 6.30. The van der Waals surface area contributed by atoms with E-state index < -0.39 is 11.9 Å². The number of benzene rings is 2. The molecule has 0 radical (unpaired) electrons. The summed E-state index contributed by atoms with van der Waals surface area (Å²) in [6.07, 6.45) is 0. The molecule has 1 heterocycles. The zero-order valence-electron chi connectivity index (χ0n) is 18.8. The molecule has 3 aromatic rings. The summed E-state index contributed by atoms with van der Waals surface area (Å²) in [4.78, 5) is 24.5. The molecule has 168 valence electrons. The number of rotatable bonds is 7. The second kappa shape index (κ2) is 10.0. The van der Waals surface area contributed by atoms with E-state index in [2.05, 4.69) is 43.3 Å². The molecule has 7 heteroatoms. The van der Waals surface area contributed by atoms with Crippen molar-refractivity contribution < 1.29 is 14.3 Å². The van der Waals surface area contributed by atoms with Crippen molar-refractivity contribution in [3.8, 4) is 11.3 Å². The van der Waals surface area contributed by atoms with Gasteiger partial charge in [-0.15, -0.1) is 0 Å². The predicted octanol–water partition coefficient (Wildman–Crippen LogP) is 4.84. The van der Waals surface area contributed by atoms with Crippen LogP contribution in [0.4, 0.5) is 0 Å². The van der Waals surface area contributed by atoms with E-state index in [0.29, 0.717) is 23.0 Å². The summed E-state index contributed by atoms with van der Waals surface area (Å²) >= 11 is 6.00. The maximum Gasteiger partial charge on any atom is 0.325 e. The topological polar surface area (TPSA) is 73.2 Å². The number of halogens is 1. The molecule has 6 nitrogen and oxygen atoms in total. The third-order valence-electron chi connectivity index (χ3n) is 5.00. The van der Waals surface area contributed by atoms with Gasteiger partial charge in [-0.1, -0.05) is 68.8 Å². The molecule has 1 amide bonds. The zero-order chi connectivity index (χ0) is 23.3. The Kier molecular flexibility index (Phi) is 7.36. The molecule has 0 saturated heterocycles. The van der Waals surface area contributed by atoms with E-state index in [1.807, 2.05) is 24.3 Å². The minimum atomic E-state index is -0.484. The Morgan fingerprint density at radius 2 is 1.72 bits per heavy atom. The van der Waals surface area contributed by atoms with Crippen molar-refractivity contribution in [1.82, 2.24) is 15.1 Å². The number of carbonyl (C=O) groups is 2. The lowest BCUT2D eigenvalue weighted by molar-refractivity contribution is -0.141. The lowest BCUT2D eigenvalue weighted by Crippen LogP contribution is -2.32. The fraction of sp³-hybridized carbons (Fsp3) is 0.320. The van der Waals surface area contributed by atoms with Crippen LogP contribution in [0.1, 0.15) is 49.3 Å². The zero-order valence-corrected chi connectivity index (χ0v) is 19.6. The van der Waals surface area contributed by atoms with Gasteiger partial charge in [0.2, 0.25) is 0 Å². The van der Waals surface area contributed by atoms with Gasteiger partial charge in [0.15, 0.2) is 0 Å². The number of ether oxygens (including phenoxy) is 1. The van der Waals surface area contributed by atoms with Crippen LogP contribution in [0.25, 0.3) is 11.3 Å². The molecule has 0 saturated carbocycles. The molecule has 0 atom stereocenters. The van der Waals surface area contributed by atoms with Gasteiger partial charge < -0.3 is 10.1 Å². The second-order valence-corrected chi connectivity index (χ2v) is 8.95. The first kappa shape index (κ1) is 23.5. The van der Waals surface area contributed by atoms with Gasteiger partial charge in [0, 0.05) is 10.6 Å². The molecule has 1 aromatic heterocycles. The molecule has 0 aliphatic rings. The van der Waals surface area contributed by atoms with E-state index in [9.17, 15) is 9.59 Å². The number of hydrogen-bond acceptors (Lipinski definition) is 4. The number of carbonyl (C=O) groups excluding carboxylic acids is 2. The van der Waals surface area contributed by atoms with Crippen molar-refractivity contribution in [2.24, 2.45) is 0 Å². The third-order valence-corrected chi connectivity index (χ3v) is 5.26. The maximum atomic E-state index is 12.8. The van der Waals surface area contributed by atoms with Crippen LogP contribution in [0, 0.1) is 0 Å². The van der Waals surface area contributed by atoms with E-state index in [1.165, 1.54) is 5.56 Å². The number of hydrogen-bond donors (Lipinski definition) is 1. The monoisotopic (exact) mass is 453 g/mol. The highest BCUT2D eigenvalue weighted by Gasteiger charge is 2.18. The van der Waals surface area contributed by atoms with Crippen LogP contribution >= 0.6 is 11.6 Å². The molecule has 0 unspecified atom stereocenters. The van der Waals surface area contributed by atoms with Gasteiger partial charge in [0.05, 0.1) is 18.8 Å². The first-order valence-corrected chi connectivity index (χ1v) is 10.9. The van der Waals surface area contributed by atoms with Crippen molar-refractivity contribution in [3.63, 3.8) is 0 Å². The number of amides is 1. The highest BCUT2D eigenvalue weighted by atomic mass is 35.5. The molecule has 0 aliphatic heterocycles. The minimum absolute atomic E-state index is 0.0596. The number of aromatic nitrogens is 2. The Labute approximate surface area is 193 Å². The van der Waals surface area contributed by atoms with Gasteiger partial charge in [-0.3, -0.25) is 14.3 Å². The molecule has 0 spiro atoms. The molecule has 0 bridgehead atoms. The van der Waals surface area contributed by atoms with Crippen molar-refractivity contribution in [3.05, 3.63) is 76.4 Å². The fourth-order valence-corrected chi connectivity index (χ4v) is 3.35. The van der Waals surface area contributed by atoms with Gasteiger partial charge >= 0.3 is 5.97 Å². The van der Waals surface area contributed by atoms with Crippen LogP contribution in [0.15, 0.2) is 54.6 Å². The van der Waals surface area contributed by atoms with Crippen LogP contribution in [0.2, 0.25) is 5.02 Å². The van der Waals surface area contributed by atoms with E-state index in [0.717, 1.165) is 11.1 Å². The van der Waals surface area contributed by atoms with Crippen LogP contribution in [0.3, 0.4) is 0 Å². The Hall–Kier alpha value is -3.12. The molecular formula is C25H28ClN3O3. The summed E-state index contributed by atoms with van der Waals surface area (Å²) in [7, 11) is 0. The number of esters is 1. The Bertz CT molecular complexity index is 1080. The molecule has 0 aliphatic carbocycles. The lowest BCUT2D eigenvalue weighted by Gasteiger charge is -2.19. The summed E-state index contributed by atoms with van der Waals surface area (Å²) in [5.41, 5.74) is 4.16. The Morgan fingerprint density at radius 3 is 2.31 bits per heavy atom. The van der Waals surface area contributed by atoms with Gasteiger partial charge in [-0.2, -0.15) is 5.10 Å². The standard InChI is InChI=1S/C25H28ClN3O3/c1-5-32-23(30)15-27-24(31)22-14-21(18-8-12-20(26)13-9-18)28-29(22)16-17-6-10-19(11-7-17)25(2,3)4/h6-14H,5,15-16H2,1-4H3,(H,27,31). The smallest absolute Gasteiger partial charge is 0.325 e. The average molecular weight is 454 g/mol. The predicted molar refractivity (Wildman–Crippen MR) is 126 cm³/mol. The minimum Gasteiger partial charge on any atom is -0.465 e. The largest absolute Gasteiger partial charge is 0.465 e. The number of nitrogens with one attached hydrogen (secondary N) is 1. The van der Waals surface area contributed by atoms with Crippen molar-refractivity contribution >= 4 is 23.5 Å². The van der Waals surface area contributed by atoms with E-state index in [1.54, 1.807) is 29.8 Å². The second-order valence-electron chi connectivity index (χ2n) is 8.51. The summed E-state index contributed by atoms with van der Waals surface area (Å²) in [5.74, 6) is -0.875. The van der Waals surface area contributed by atoms with Crippen molar-refractivity contribution in [2.45, 2.75) is 39.7 Å². The summed E-state index contributed by atoms with van der Waals surface area (Å²) in [5, 5.41) is 7.90. The van der Waals surface area contributed by atoms with Crippen LogP contribution in [-0.4, -0.2) is 34.8 Å². The summed E-state index contributed by atoms with van der Waals surface area (Å²) < 4.78 is 6.54. The molecule has 0 fully saturated rings. The fourth-order valence-electron chi connectivity index (χ4n) is 3.22. The van der Waals surface area contributed by atoms with Gasteiger partial charge in [-0.25, -0.2) is 0 Å². The van der Waals surface area contributed by atoms with Crippen LogP contribution in [0.5, 0.6) is 0 Å². The molecule has 2 aromatic carbocycles. The van der Waals surface area contributed by atoms with Gasteiger partial charge in [0.25, 0.3) is 5.91 Å². The first-order chi connectivity index (χ1) is 15.2. The maximum absolute atomic E-state index is 12.8. The Morgan fingerprint density at radius 1 is 1.06 bits per heavy atom. The third kappa shape index (κ3) is 5.98. The molecule has 32 heavy (non-hydrogen) atoms.